The fraction of sp³-hybridized carbons (Fsp3) is 0.391. The summed E-state index contributed by atoms with van der Waals surface area (Å²) in [6, 6.07) is 17.1. The zero-order chi connectivity index (χ0) is 20.4. The van der Waals surface area contributed by atoms with Crippen LogP contribution in [-0.4, -0.2) is 35.8 Å². The van der Waals surface area contributed by atoms with E-state index in [0.717, 1.165) is 11.1 Å². The summed E-state index contributed by atoms with van der Waals surface area (Å²) in [5.74, 6) is -0.113. The molecule has 0 aliphatic rings. The molecule has 0 bridgehead atoms. The molecular formula is C23H29ClN2O2. The second kappa shape index (κ2) is 11.5. The standard InChI is InChI=1S/C23H29ClN2O2/c1-3-21(23(28)25-4-2)26(17-16-18-10-6-5-7-11-18)22(27)15-14-19-12-8-9-13-20(19)24/h5-13,21H,3-4,14-17H2,1-2H3,(H,25,28)/t21-/m1/s1. The Kier molecular flexibility index (Phi) is 9.02. The number of halogens is 1. The number of carbonyl (C=O) groups is 2. The minimum atomic E-state index is -0.456. The fourth-order valence-electron chi connectivity index (χ4n) is 3.27. The number of amides is 2. The van der Waals surface area contributed by atoms with Crippen molar-refractivity contribution in [2.24, 2.45) is 0 Å². The second-order valence-electron chi connectivity index (χ2n) is 6.73. The van der Waals surface area contributed by atoms with Crippen molar-refractivity contribution in [2.75, 3.05) is 13.1 Å². The van der Waals surface area contributed by atoms with Crippen LogP contribution >= 0.6 is 11.6 Å². The molecule has 0 radical (unpaired) electrons. The smallest absolute Gasteiger partial charge is 0.242 e. The van der Waals surface area contributed by atoms with Gasteiger partial charge in [0.1, 0.15) is 6.04 Å². The van der Waals surface area contributed by atoms with Crippen LogP contribution in [0.2, 0.25) is 5.02 Å². The highest BCUT2D eigenvalue weighted by atomic mass is 35.5. The summed E-state index contributed by atoms with van der Waals surface area (Å²) in [6.45, 7) is 4.89. The molecule has 0 spiro atoms. The van der Waals surface area contributed by atoms with Crippen molar-refractivity contribution in [1.29, 1.82) is 0 Å². The van der Waals surface area contributed by atoms with E-state index in [2.05, 4.69) is 5.32 Å². The maximum atomic E-state index is 13.1. The van der Waals surface area contributed by atoms with Gasteiger partial charge in [-0.3, -0.25) is 9.59 Å². The largest absolute Gasteiger partial charge is 0.355 e. The van der Waals surface area contributed by atoms with Crippen molar-refractivity contribution in [3.63, 3.8) is 0 Å². The highest BCUT2D eigenvalue weighted by Crippen LogP contribution is 2.18. The highest BCUT2D eigenvalue weighted by molar-refractivity contribution is 6.31. The summed E-state index contributed by atoms with van der Waals surface area (Å²) in [5.41, 5.74) is 2.10. The van der Waals surface area contributed by atoms with Gasteiger partial charge in [-0.2, -0.15) is 0 Å². The first-order valence-electron chi connectivity index (χ1n) is 9.91. The molecule has 1 N–H and O–H groups in total. The van der Waals surface area contributed by atoms with Gasteiger partial charge in [0.25, 0.3) is 0 Å². The zero-order valence-corrected chi connectivity index (χ0v) is 17.4. The average Bonchev–Trinajstić information content (AvgIpc) is 2.71. The van der Waals surface area contributed by atoms with Crippen molar-refractivity contribution in [2.45, 2.75) is 45.6 Å². The predicted octanol–water partition coefficient (Wildman–Crippen LogP) is 4.26. The van der Waals surface area contributed by atoms with Gasteiger partial charge in [-0.25, -0.2) is 0 Å². The quantitative estimate of drug-likeness (QED) is 0.647. The van der Waals surface area contributed by atoms with Crippen molar-refractivity contribution in [3.05, 3.63) is 70.7 Å². The van der Waals surface area contributed by atoms with E-state index >= 15 is 0 Å². The van der Waals surface area contributed by atoms with E-state index in [4.69, 9.17) is 11.6 Å². The van der Waals surface area contributed by atoms with Gasteiger partial charge in [0.15, 0.2) is 0 Å². The molecule has 0 aliphatic carbocycles. The summed E-state index contributed by atoms with van der Waals surface area (Å²) in [4.78, 5) is 27.3. The SMILES string of the molecule is CCNC(=O)[C@@H](CC)N(CCc1ccccc1)C(=O)CCc1ccccc1Cl. The van der Waals surface area contributed by atoms with Gasteiger partial charge < -0.3 is 10.2 Å². The molecule has 5 heteroatoms. The molecule has 1 atom stereocenters. The lowest BCUT2D eigenvalue weighted by Crippen LogP contribution is -2.50. The van der Waals surface area contributed by atoms with Crippen LogP contribution in [0.3, 0.4) is 0 Å². The topological polar surface area (TPSA) is 49.4 Å². The first-order valence-corrected chi connectivity index (χ1v) is 10.3. The summed E-state index contributed by atoms with van der Waals surface area (Å²) < 4.78 is 0. The van der Waals surface area contributed by atoms with Gasteiger partial charge in [0.2, 0.25) is 11.8 Å². The number of carbonyl (C=O) groups excluding carboxylic acids is 2. The first-order chi connectivity index (χ1) is 13.6. The minimum absolute atomic E-state index is 0.0195. The third kappa shape index (κ3) is 6.38. The second-order valence-corrected chi connectivity index (χ2v) is 7.14. The maximum absolute atomic E-state index is 13.1. The molecule has 28 heavy (non-hydrogen) atoms. The molecule has 0 aliphatic heterocycles. The van der Waals surface area contributed by atoms with Crippen molar-refractivity contribution in [1.82, 2.24) is 10.2 Å². The fourth-order valence-corrected chi connectivity index (χ4v) is 3.50. The molecule has 0 saturated carbocycles. The lowest BCUT2D eigenvalue weighted by molar-refractivity contribution is -0.140. The molecule has 2 amide bonds. The van der Waals surface area contributed by atoms with E-state index in [1.807, 2.05) is 68.4 Å². The Hall–Kier alpha value is -2.33. The Labute approximate surface area is 172 Å². The predicted molar refractivity (Wildman–Crippen MR) is 114 cm³/mol. The summed E-state index contributed by atoms with van der Waals surface area (Å²) in [6.07, 6.45) is 2.19. The maximum Gasteiger partial charge on any atom is 0.242 e. The first kappa shape index (κ1) is 22.0. The van der Waals surface area contributed by atoms with E-state index in [0.29, 0.717) is 43.8 Å². The van der Waals surface area contributed by atoms with E-state index in [1.54, 1.807) is 4.90 Å². The number of benzene rings is 2. The number of hydrogen-bond acceptors (Lipinski definition) is 2. The Balaban J connectivity index is 2.11. The molecule has 0 unspecified atom stereocenters. The Morgan fingerprint density at radius 1 is 1.00 bits per heavy atom. The average molecular weight is 401 g/mol. The molecule has 2 aromatic rings. The van der Waals surface area contributed by atoms with Crippen LogP contribution in [0.25, 0.3) is 0 Å². The van der Waals surface area contributed by atoms with Crippen LogP contribution in [0.15, 0.2) is 54.6 Å². The monoisotopic (exact) mass is 400 g/mol. The number of hydrogen-bond donors (Lipinski definition) is 1. The van der Waals surface area contributed by atoms with Crippen molar-refractivity contribution in [3.8, 4) is 0 Å². The van der Waals surface area contributed by atoms with Gasteiger partial charge in [0, 0.05) is 24.5 Å². The van der Waals surface area contributed by atoms with E-state index in [-0.39, 0.29) is 11.8 Å². The number of aryl methyl sites for hydroxylation is 1. The van der Waals surface area contributed by atoms with Crippen LogP contribution < -0.4 is 5.32 Å². The molecule has 4 nitrogen and oxygen atoms in total. The normalized spacial score (nSPS) is 11.7. The summed E-state index contributed by atoms with van der Waals surface area (Å²) in [5, 5.41) is 3.53. The lowest BCUT2D eigenvalue weighted by atomic mass is 10.1. The molecule has 0 aromatic heterocycles. The molecule has 2 aromatic carbocycles. The summed E-state index contributed by atoms with van der Waals surface area (Å²) >= 11 is 6.22. The molecule has 150 valence electrons. The van der Waals surface area contributed by atoms with Crippen molar-refractivity contribution < 1.29 is 9.59 Å². The van der Waals surface area contributed by atoms with Crippen LogP contribution in [0.4, 0.5) is 0 Å². The molecule has 0 saturated heterocycles. The molecule has 2 rings (SSSR count). The third-order valence-corrected chi connectivity index (χ3v) is 5.16. The van der Waals surface area contributed by atoms with Crippen LogP contribution in [0.5, 0.6) is 0 Å². The Morgan fingerprint density at radius 3 is 2.32 bits per heavy atom. The zero-order valence-electron chi connectivity index (χ0n) is 16.7. The van der Waals surface area contributed by atoms with Gasteiger partial charge in [0.05, 0.1) is 0 Å². The van der Waals surface area contributed by atoms with E-state index in [9.17, 15) is 9.59 Å². The van der Waals surface area contributed by atoms with Crippen molar-refractivity contribution >= 4 is 23.4 Å². The van der Waals surface area contributed by atoms with Gasteiger partial charge >= 0.3 is 0 Å². The number of likely N-dealkylation sites (N-methyl/N-ethyl adjacent to an activating group) is 1. The Morgan fingerprint density at radius 2 is 1.68 bits per heavy atom. The molecular weight excluding hydrogens is 372 g/mol. The van der Waals surface area contributed by atoms with Gasteiger partial charge in [-0.1, -0.05) is 67.1 Å². The number of nitrogens with one attached hydrogen (secondary N) is 1. The summed E-state index contributed by atoms with van der Waals surface area (Å²) in [7, 11) is 0. The Bertz CT molecular complexity index is 764. The lowest BCUT2D eigenvalue weighted by Gasteiger charge is -2.30. The van der Waals surface area contributed by atoms with Crippen LogP contribution in [0, 0.1) is 0 Å². The number of nitrogens with zero attached hydrogens (tertiary/aromatic N) is 1. The van der Waals surface area contributed by atoms with Crippen LogP contribution in [-0.2, 0) is 22.4 Å². The minimum Gasteiger partial charge on any atom is -0.355 e. The number of rotatable bonds is 10. The highest BCUT2D eigenvalue weighted by Gasteiger charge is 2.27. The molecule has 0 fully saturated rings. The van der Waals surface area contributed by atoms with Crippen LogP contribution in [0.1, 0.15) is 37.8 Å². The molecule has 0 heterocycles. The third-order valence-electron chi connectivity index (χ3n) is 4.79. The van der Waals surface area contributed by atoms with E-state index in [1.165, 1.54) is 0 Å². The van der Waals surface area contributed by atoms with E-state index < -0.39 is 6.04 Å². The van der Waals surface area contributed by atoms with Gasteiger partial charge in [-0.15, -0.1) is 0 Å². The van der Waals surface area contributed by atoms with Gasteiger partial charge in [-0.05, 0) is 43.4 Å².